The van der Waals surface area contributed by atoms with Gasteiger partial charge in [-0.25, -0.2) is 0 Å². The molecule has 5 nitrogen and oxygen atoms in total. The highest BCUT2D eigenvalue weighted by molar-refractivity contribution is 5.93. The number of nitrogens with zero attached hydrogens (tertiary/aromatic N) is 1. The van der Waals surface area contributed by atoms with Gasteiger partial charge in [0, 0.05) is 23.7 Å². The molecule has 0 spiro atoms. The molecule has 3 rings (SSSR count). The topological polar surface area (TPSA) is 71.1 Å². The number of anilines is 1. The zero-order valence-electron chi connectivity index (χ0n) is 16.7. The van der Waals surface area contributed by atoms with E-state index in [4.69, 9.17) is 0 Å². The maximum absolute atomic E-state index is 12.7. The molecule has 2 amide bonds. The van der Waals surface area contributed by atoms with Gasteiger partial charge in [-0.3, -0.25) is 14.6 Å². The van der Waals surface area contributed by atoms with E-state index in [2.05, 4.69) is 35.5 Å². The Morgan fingerprint density at radius 1 is 0.964 bits per heavy atom. The Kier molecular flexibility index (Phi) is 6.80. The third-order valence-electron chi connectivity index (χ3n) is 5.48. The summed E-state index contributed by atoms with van der Waals surface area (Å²) >= 11 is 0. The minimum atomic E-state index is -0.0277. The van der Waals surface area contributed by atoms with Crippen LogP contribution in [0.5, 0.6) is 0 Å². The number of nitrogens with one attached hydrogen (secondary N) is 2. The van der Waals surface area contributed by atoms with Crippen molar-refractivity contribution in [2.24, 2.45) is 11.8 Å². The van der Waals surface area contributed by atoms with Crippen LogP contribution in [0.1, 0.15) is 56.7 Å². The summed E-state index contributed by atoms with van der Waals surface area (Å²) in [5.74, 6) is 0.445. The molecule has 1 fully saturated rings. The second-order valence-electron chi connectivity index (χ2n) is 7.82. The lowest BCUT2D eigenvalue weighted by atomic mass is 9.81. The molecule has 0 atom stereocenters. The molecule has 2 aromatic rings. The summed E-state index contributed by atoms with van der Waals surface area (Å²) in [6, 6.07) is 13.6. The molecule has 1 heterocycles. The number of amides is 2. The number of pyridine rings is 1. The molecular formula is C23H29N3O2. The number of benzene rings is 1. The molecule has 1 aliphatic carbocycles. The summed E-state index contributed by atoms with van der Waals surface area (Å²) in [6.45, 7) is 4.70. The van der Waals surface area contributed by atoms with E-state index in [1.807, 2.05) is 36.4 Å². The summed E-state index contributed by atoms with van der Waals surface area (Å²) < 4.78 is 0. The molecule has 0 bridgehead atoms. The van der Waals surface area contributed by atoms with Crippen molar-refractivity contribution in [3.8, 4) is 0 Å². The fourth-order valence-electron chi connectivity index (χ4n) is 3.79. The monoisotopic (exact) mass is 379 g/mol. The maximum Gasteiger partial charge on any atom is 0.227 e. The first-order valence-corrected chi connectivity index (χ1v) is 10.1. The first-order valence-electron chi connectivity index (χ1n) is 10.1. The van der Waals surface area contributed by atoms with Gasteiger partial charge in [0.25, 0.3) is 0 Å². The average Bonchev–Trinajstić information content (AvgIpc) is 2.73. The molecule has 0 unspecified atom stereocenters. The highest BCUT2D eigenvalue weighted by Crippen LogP contribution is 2.31. The molecule has 0 saturated heterocycles. The van der Waals surface area contributed by atoms with Gasteiger partial charge in [-0.2, -0.15) is 0 Å². The van der Waals surface area contributed by atoms with Gasteiger partial charge in [-0.1, -0.05) is 38.1 Å². The molecule has 0 radical (unpaired) electrons. The van der Waals surface area contributed by atoms with Crippen LogP contribution in [-0.4, -0.2) is 16.8 Å². The van der Waals surface area contributed by atoms with Crippen LogP contribution < -0.4 is 10.6 Å². The van der Waals surface area contributed by atoms with Crippen LogP contribution in [0.25, 0.3) is 0 Å². The second kappa shape index (κ2) is 9.49. The quantitative estimate of drug-likeness (QED) is 0.787. The van der Waals surface area contributed by atoms with Crippen molar-refractivity contribution < 1.29 is 9.59 Å². The van der Waals surface area contributed by atoms with Crippen molar-refractivity contribution in [1.82, 2.24) is 10.3 Å². The van der Waals surface area contributed by atoms with Crippen LogP contribution in [0.3, 0.4) is 0 Å². The van der Waals surface area contributed by atoms with E-state index in [0.29, 0.717) is 12.5 Å². The van der Waals surface area contributed by atoms with Gasteiger partial charge >= 0.3 is 0 Å². The van der Waals surface area contributed by atoms with Crippen molar-refractivity contribution >= 4 is 17.5 Å². The van der Waals surface area contributed by atoms with Crippen molar-refractivity contribution in [1.29, 1.82) is 0 Å². The van der Waals surface area contributed by atoms with Crippen LogP contribution in [0, 0.1) is 11.8 Å². The van der Waals surface area contributed by atoms with E-state index in [0.717, 1.165) is 42.6 Å². The first kappa shape index (κ1) is 20.1. The molecule has 1 aromatic heterocycles. The van der Waals surface area contributed by atoms with Crippen molar-refractivity contribution in [3.63, 3.8) is 0 Å². The third kappa shape index (κ3) is 5.18. The number of carbonyl (C=O) groups excluding carboxylic acids is 2. The van der Waals surface area contributed by atoms with E-state index >= 15 is 0 Å². The van der Waals surface area contributed by atoms with E-state index < -0.39 is 0 Å². The number of rotatable bonds is 6. The molecule has 1 aliphatic rings. The Bertz CT molecular complexity index is 797. The second-order valence-corrected chi connectivity index (χ2v) is 7.82. The lowest BCUT2D eigenvalue weighted by Gasteiger charge is -2.27. The van der Waals surface area contributed by atoms with E-state index in [9.17, 15) is 9.59 Å². The largest absolute Gasteiger partial charge is 0.350 e. The van der Waals surface area contributed by atoms with Gasteiger partial charge in [0.05, 0.1) is 12.2 Å². The fraction of sp³-hybridized carbons (Fsp3) is 0.435. The Hall–Kier alpha value is -2.69. The number of hydrogen-bond acceptors (Lipinski definition) is 3. The van der Waals surface area contributed by atoms with Crippen molar-refractivity contribution in [3.05, 3.63) is 59.9 Å². The molecule has 2 N–H and O–H groups in total. The zero-order valence-corrected chi connectivity index (χ0v) is 16.7. The highest BCUT2D eigenvalue weighted by atomic mass is 16.2. The van der Waals surface area contributed by atoms with Gasteiger partial charge in [0.2, 0.25) is 11.8 Å². The Morgan fingerprint density at radius 3 is 2.25 bits per heavy atom. The van der Waals surface area contributed by atoms with Crippen LogP contribution in [0.2, 0.25) is 0 Å². The predicted molar refractivity (Wildman–Crippen MR) is 111 cm³/mol. The molecule has 1 aromatic carbocycles. The third-order valence-corrected chi connectivity index (χ3v) is 5.48. The van der Waals surface area contributed by atoms with E-state index in [1.165, 1.54) is 0 Å². The molecule has 148 valence electrons. The standard InChI is InChI=1S/C23H29N3O2/c1-16(2)20-8-3-4-9-21(20)26-23(28)18-12-10-17(11-13-18)22(27)25-15-19-7-5-6-14-24-19/h3-9,14,16-18H,10-13,15H2,1-2H3,(H,25,27)(H,26,28). The lowest BCUT2D eigenvalue weighted by molar-refractivity contribution is -0.128. The predicted octanol–water partition coefficient (Wildman–Crippen LogP) is 4.27. The normalized spacial score (nSPS) is 19.2. The average molecular weight is 380 g/mol. The number of para-hydroxylation sites is 1. The van der Waals surface area contributed by atoms with Crippen LogP contribution in [0.4, 0.5) is 5.69 Å². The van der Waals surface area contributed by atoms with Crippen LogP contribution >= 0.6 is 0 Å². The van der Waals surface area contributed by atoms with Gasteiger partial charge in [-0.15, -0.1) is 0 Å². The van der Waals surface area contributed by atoms with Gasteiger partial charge < -0.3 is 10.6 Å². The summed E-state index contributed by atoms with van der Waals surface area (Å²) in [4.78, 5) is 29.4. The Labute approximate surface area is 167 Å². The van der Waals surface area contributed by atoms with E-state index in [1.54, 1.807) is 6.20 Å². The minimum absolute atomic E-state index is 0.0179. The minimum Gasteiger partial charge on any atom is -0.350 e. The number of carbonyl (C=O) groups is 2. The van der Waals surface area contributed by atoms with Crippen LogP contribution in [-0.2, 0) is 16.1 Å². The highest BCUT2D eigenvalue weighted by Gasteiger charge is 2.30. The fourth-order valence-corrected chi connectivity index (χ4v) is 3.79. The molecule has 28 heavy (non-hydrogen) atoms. The summed E-state index contributed by atoms with van der Waals surface area (Å²) in [5.41, 5.74) is 2.91. The Morgan fingerprint density at radius 2 is 1.61 bits per heavy atom. The van der Waals surface area contributed by atoms with E-state index in [-0.39, 0.29) is 23.7 Å². The van der Waals surface area contributed by atoms with Crippen LogP contribution in [0.15, 0.2) is 48.7 Å². The van der Waals surface area contributed by atoms with Gasteiger partial charge in [0.15, 0.2) is 0 Å². The number of aromatic nitrogens is 1. The molecule has 5 heteroatoms. The number of hydrogen-bond donors (Lipinski definition) is 2. The lowest BCUT2D eigenvalue weighted by Crippen LogP contribution is -2.35. The zero-order chi connectivity index (χ0) is 19.9. The van der Waals surface area contributed by atoms with Crippen molar-refractivity contribution in [2.45, 2.75) is 52.0 Å². The maximum atomic E-state index is 12.7. The first-order chi connectivity index (χ1) is 13.5. The van der Waals surface area contributed by atoms with Gasteiger partial charge in [-0.05, 0) is 55.4 Å². The summed E-state index contributed by atoms with van der Waals surface area (Å²) in [5, 5.41) is 6.08. The SMILES string of the molecule is CC(C)c1ccccc1NC(=O)C1CCC(C(=O)NCc2ccccn2)CC1. The summed E-state index contributed by atoms with van der Waals surface area (Å²) in [6.07, 6.45) is 4.72. The Balaban J connectivity index is 1.48. The van der Waals surface area contributed by atoms with Gasteiger partial charge in [0.1, 0.15) is 0 Å². The molecule has 0 aliphatic heterocycles. The summed E-state index contributed by atoms with van der Waals surface area (Å²) in [7, 11) is 0. The smallest absolute Gasteiger partial charge is 0.227 e. The molecule has 1 saturated carbocycles. The molecular weight excluding hydrogens is 350 g/mol. The van der Waals surface area contributed by atoms with Crippen molar-refractivity contribution in [2.75, 3.05) is 5.32 Å².